The molecule has 0 aromatic heterocycles. The molecule has 0 spiro atoms. The average Bonchev–Trinajstić information content (AvgIpc) is 2.88. The molecule has 0 heterocycles. The normalized spacial score (nSPS) is 12.8. The topological polar surface area (TPSA) is 154 Å². The van der Waals surface area contributed by atoms with Crippen molar-refractivity contribution < 1.29 is 54.9 Å². The van der Waals surface area contributed by atoms with Gasteiger partial charge in [-0.15, -0.1) is 0 Å². The van der Waals surface area contributed by atoms with Gasteiger partial charge in [-0.3, -0.25) is 3.63 Å². The number of benzene rings is 3. The number of ether oxygens (including phenoxy) is 6. The van der Waals surface area contributed by atoms with Crippen LogP contribution in [0.15, 0.2) is 87.5 Å². The molecular formula is C34H43O12S2+. The maximum absolute atomic E-state index is 13.2. The molecule has 3 aromatic carbocycles. The fraction of sp³-hybridized carbons (Fsp3) is 0.382. The zero-order valence-corrected chi connectivity index (χ0v) is 30.3. The van der Waals surface area contributed by atoms with E-state index in [1.165, 1.54) is 36.4 Å². The van der Waals surface area contributed by atoms with Gasteiger partial charge in [0.15, 0.2) is 0 Å². The van der Waals surface area contributed by atoms with Gasteiger partial charge in [0.25, 0.3) is 0 Å². The summed E-state index contributed by atoms with van der Waals surface area (Å²) in [4.78, 5) is 38.6. The van der Waals surface area contributed by atoms with E-state index in [-0.39, 0.29) is 17.2 Å². The van der Waals surface area contributed by atoms with Crippen LogP contribution in [0.5, 0.6) is 17.2 Å². The molecule has 0 radical (unpaired) electrons. The number of carbonyl (C=O) groups excluding carboxylic acids is 3. The number of carbonyl (C=O) groups is 3. The van der Waals surface area contributed by atoms with E-state index in [1.807, 2.05) is 0 Å². The first-order valence-electron chi connectivity index (χ1n) is 14.7. The van der Waals surface area contributed by atoms with Gasteiger partial charge < -0.3 is 28.4 Å². The van der Waals surface area contributed by atoms with E-state index in [1.54, 1.807) is 98.7 Å². The van der Waals surface area contributed by atoms with Crippen LogP contribution in [-0.2, 0) is 24.3 Å². The molecule has 12 nitrogen and oxygen atoms in total. The third-order valence-electron chi connectivity index (χ3n) is 5.46. The van der Waals surface area contributed by atoms with Crippen LogP contribution in [0, 0.1) is 0 Å². The molecule has 1 N–H and O–H groups in total. The van der Waals surface area contributed by atoms with Gasteiger partial charge in [0.05, 0.1) is 25.0 Å². The van der Waals surface area contributed by atoms with E-state index < -0.39 is 55.7 Å². The Morgan fingerprint density at radius 2 is 0.792 bits per heavy atom. The van der Waals surface area contributed by atoms with Gasteiger partial charge in [0.1, 0.15) is 40.3 Å². The second-order valence-electron chi connectivity index (χ2n) is 13.5. The predicted molar refractivity (Wildman–Crippen MR) is 180 cm³/mol. The van der Waals surface area contributed by atoms with E-state index in [9.17, 15) is 22.8 Å². The van der Waals surface area contributed by atoms with E-state index in [0.717, 1.165) is 6.26 Å². The Morgan fingerprint density at radius 3 is 1.02 bits per heavy atom. The summed E-state index contributed by atoms with van der Waals surface area (Å²) in [5, 5.41) is 0. The van der Waals surface area contributed by atoms with E-state index in [0.29, 0.717) is 14.7 Å². The monoisotopic (exact) mass is 707 g/mol. The minimum Gasteiger partial charge on any atom is -0.428 e. The van der Waals surface area contributed by atoms with Crippen molar-refractivity contribution >= 4 is 38.9 Å². The Labute approximate surface area is 283 Å². The highest BCUT2D eigenvalue weighted by Crippen LogP contribution is 2.69. The SMILES string of the molecule is CC(C)(C)OC(=O)Oc1cccc(S([OH+]S(C)(=O)=O)(c2cccc(OC(=O)OC(C)(C)C)c2)c2cccc(OC(=O)OC(C)(C)C)c2)c1. The second-order valence-corrected chi connectivity index (χ2v) is 18.1. The van der Waals surface area contributed by atoms with Gasteiger partial charge in [-0.05, 0) is 98.7 Å². The summed E-state index contributed by atoms with van der Waals surface area (Å²) in [6.07, 6.45) is -1.97. The van der Waals surface area contributed by atoms with Gasteiger partial charge in [0.2, 0.25) is 0 Å². The van der Waals surface area contributed by atoms with Crippen molar-refractivity contribution in [1.82, 2.24) is 0 Å². The molecule has 0 saturated carbocycles. The van der Waals surface area contributed by atoms with Crippen LogP contribution in [0.25, 0.3) is 0 Å². The van der Waals surface area contributed by atoms with E-state index >= 15 is 0 Å². The van der Waals surface area contributed by atoms with Gasteiger partial charge >= 0.3 is 28.6 Å². The molecule has 0 atom stereocenters. The van der Waals surface area contributed by atoms with Crippen molar-refractivity contribution in [2.75, 3.05) is 6.26 Å². The molecule has 0 aliphatic rings. The Morgan fingerprint density at radius 1 is 0.521 bits per heavy atom. The lowest BCUT2D eigenvalue weighted by Crippen LogP contribution is -2.26. The molecule has 48 heavy (non-hydrogen) atoms. The molecule has 0 amide bonds. The Hall–Kier alpha value is -4.27. The maximum Gasteiger partial charge on any atom is 0.514 e. The third-order valence-corrected chi connectivity index (χ3v) is 10.2. The highest BCUT2D eigenvalue weighted by atomic mass is 32.3. The van der Waals surface area contributed by atoms with Crippen LogP contribution in [0.2, 0.25) is 0 Å². The minimum atomic E-state index is -4.14. The summed E-state index contributed by atoms with van der Waals surface area (Å²) in [7, 11) is -7.37. The van der Waals surface area contributed by atoms with Crippen LogP contribution < -0.4 is 14.2 Å². The zero-order chi connectivity index (χ0) is 36.1. The molecule has 0 bridgehead atoms. The fourth-order valence-corrected chi connectivity index (χ4v) is 9.17. The van der Waals surface area contributed by atoms with E-state index in [2.05, 4.69) is 3.63 Å². The number of hydrogen-bond donors (Lipinski definition) is 0. The first-order valence-corrected chi connectivity index (χ1v) is 18.2. The molecule has 0 saturated heterocycles. The van der Waals surface area contributed by atoms with E-state index in [4.69, 9.17) is 28.4 Å². The molecule has 0 aliphatic carbocycles. The highest BCUT2D eigenvalue weighted by Gasteiger charge is 2.43. The van der Waals surface area contributed by atoms with Crippen molar-refractivity contribution in [3.8, 4) is 17.2 Å². The van der Waals surface area contributed by atoms with Crippen LogP contribution in [0.1, 0.15) is 62.3 Å². The standard InChI is InChI=1S/C34H42O12S2/c1-32(2,3)43-29(35)40-23-14-11-17-26(20-23)48(46-47(10,38)39,27-18-12-15-24(21-27)41-30(36)44-33(4,5)6)28-19-13-16-25(22-28)42-31(37)45-34(7,8)9/h11-22H,1-10H3/p+1. The number of rotatable bonds is 8. The lowest BCUT2D eigenvalue weighted by molar-refractivity contribution is 0.0192. The molecule has 0 unspecified atom stereocenters. The smallest absolute Gasteiger partial charge is 0.428 e. The first-order chi connectivity index (χ1) is 21.9. The number of hydrogen-bond acceptors (Lipinski definition) is 11. The molecule has 0 fully saturated rings. The molecule has 3 aromatic rings. The van der Waals surface area contributed by atoms with Gasteiger partial charge in [-0.1, -0.05) is 18.2 Å². The average molecular weight is 708 g/mol. The molecule has 3 rings (SSSR count). The fourth-order valence-electron chi connectivity index (χ4n) is 4.01. The van der Waals surface area contributed by atoms with Crippen LogP contribution in [-0.4, -0.2) is 53.6 Å². The lowest BCUT2D eigenvalue weighted by Gasteiger charge is -2.34. The summed E-state index contributed by atoms with van der Waals surface area (Å²) in [5.41, 5.74) is -2.50. The van der Waals surface area contributed by atoms with Crippen molar-refractivity contribution in [2.45, 2.75) is 93.8 Å². The van der Waals surface area contributed by atoms with Crippen LogP contribution in [0.3, 0.4) is 0 Å². The van der Waals surface area contributed by atoms with Gasteiger partial charge in [-0.25, -0.2) is 14.4 Å². The largest absolute Gasteiger partial charge is 0.514 e. The summed E-state index contributed by atoms with van der Waals surface area (Å²) >= 11 is 0. The maximum atomic E-state index is 13.2. The predicted octanol–water partition coefficient (Wildman–Crippen LogP) is 8.88. The van der Waals surface area contributed by atoms with Crippen molar-refractivity contribution in [2.24, 2.45) is 0 Å². The second kappa shape index (κ2) is 14.5. The van der Waals surface area contributed by atoms with Crippen molar-refractivity contribution in [3.05, 3.63) is 72.8 Å². The summed E-state index contributed by atoms with van der Waals surface area (Å²) < 4.78 is 63.0. The highest BCUT2D eigenvalue weighted by molar-refractivity contribution is 8.32. The Balaban J connectivity index is 2.29. The summed E-state index contributed by atoms with van der Waals surface area (Å²) in [6.45, 7) is 15.2. The molecule has 262 valence electrons. The molecule has 14 heteroatoms. The first kappa shape index (κ1) is 38.2. The van der Waals surface area contributed by atoms with Crippen molar-refractivity contribution in [3.63, 3.8) is 0 Å². The molecule has 0 aliphatic heterocycles. The van der Waals surface area contributed by atoms with Crippen LogP contribution >= 0.6 is 10.3 Å². The Bertz CT molecular complexity index is 1570. The van der Waals surface area contributed by atoms with Gasteiger partial charge in [0, 0.05) is 18.2 Å². The van der Waals surface area contributed by atoms with Crippen molar-refractivity contribution in [1.29, 1.82) is 0 Å². The third kappa shape index (κ3) is 11.8. The minimum absolute atomic E-state index is 0.0460. The summed E-state index contributed by atoms with van der Waals surface area (Å²) in [6, 6.07) is 18.5. The summed E-state index contributed by atoms with van der Waals surface area (Å²) in [5.74, 6) is 0.138. The zero-order valence-electron chi connectivity index (χ0n) is 28.7. The Kier molecular flexibility index (Phi) is 11.5. The quantitative estimate of drug-likeness (QED) is 0.0725. The lowest BCUT2D eigenvalue weighted by atomic mass is 10.2. The van der Waals surface area contributed by atoms with Gasteiger partial charge in [-0.2, -0.15) is 8.42 Å². The van der Waals surface area contributed by atoms with Crippen LogP contribution in [0.4, 0.5) is 14.4 Å². The molecular weight excluding hydrogens is 664 g/mol.